The number of allylic oxidation sites excluding steroid dienone is 1. The molecule has 0 aromatic heterocycles. The van der Waals surface area contributed by atoms with Crippen LogP contribution < -0.4 is 10.6 Å². The third-order valence-electron chi connectivity index (χ3n) is 4.60. The Morgan fingerprint density at radius 2 is 1.34 bits per heavy atom. The summed E-state index contributed by atoms with van der Waals surface area (Å²) in [6.45, 7) is 2.33. The zero-order valence-corrected chi connectivity index (χ0v) is 17.0. The molecule has 5 heteroatoms. The SMILES string of the molecule is CCOC1=C(C#N)C(c2ccccc2)=NP(c2ccccc2)(c2ccccc2)=N1. The molecule has 0 N–H and O–H groups in total. The van der Waals surface area contributed by atoms with Crippen molar-refractivity contribution < 1.29 is 4.74 Å². The molecule has 3 aromatic rings. The molecule has 1 aliphatic rings. The van der Waals surface area contributed by atoms with Crippen molar-refractivity contribution in [2.24, 2.45) is 9.51 Å². The van der Waals surface area contributed by atoms with Crippen LogP contribution in [0.5, 0.6) is 0 Å². The van der Waals surface area contributed by atoms with Crippen molar-refractivity contribution in [3.63, 3.8) is 0 Å². The van der Waals surface area contributed by atoms with E-state index in [9.17, 15) is 5.26 Å². The molecule has 142 valence electrons. The van der Waals surface area contributed by atoms with Crippen LogP contribution in [0.25, 0.3) is 0 Å². The van der Waals surface area contributed by atoms with Crippen molar-refractivity contribution >= 4 is 23.5 Å². The first kappa shape index (κ1) is 18.9. The number of ether oxygens (including phenoxy) is 1. The van der Waals surface area contributed by atoms with E-state index in [0.717, 1.165) is 16.2 Å². The second-order valence-corrected chi connectivity index (χ2v) is 9.05. The van der Waals surface area contributed by atoms with Gasteiger partial charge in [0.1, 0.15) is 18.8 Å². The Bertz CT molecular complexity index is 1120. The summed E-state index contributed by atoms with van der Waals surface area (Å²) < 4.78 is 16.1. The van der Waals surface area contributed by atoms with Crippen LogP contribution in [0, 0.1) is 11.3 Å². The zero-order chi connectivity index (χ0) is 20.1. The van der Waals surface area contributed by atoms with Crippen LogP contribution in [-0.4, -0.2) is 12.3 Å². The molecule has 0 radical (unpaired) electrons. The third kappa shape index (κ3) is 3.53. The molecule has 0 saturated carbocycles. The summed E-state index contributed by atoms with van der Waals surface area (Å²) in [5.41, 5.74) is 1.89. The van der Waals surface area contributed by atoms with Crippen LogP contribution in [0.4, 0.5) is 0 Å². The van der Waals surface area contributed by atoms with Crippen LogP contribution in [-0.2, 0) is 4.74 Å². The number of rotatable bonds is 5. The topological polar surface area (TPSA) is 57.7 Å². The molecule has 1 heterocycles. The summed E-state index contributed by atoms with van der Waals surface area (Å²) >= 11 is 0. The molecule has 0 bridgehead atoms. The van der Waals surface area contributed by atoms with Gasteiger partial charge in [0.15, 0.2) is 0 Å². The molecule has 4 nitrogen and oxygen atoms in total. The maximum absolute atomic E-state index is 9.91. The fourth-order valence-electron chi connectivity index (χ4n) is 3.29. The van der Waals surface area contributed by atoms with Gasteiger partial charge in [0.2, 0.25) is 5.88 Å². The lowest BCUT2D eigenvalue weighted by Crippen LogP contribution is -2.21. The fourth-order valence-corrected chi connectivity index (χ4v) is 6.19. The molecule has 0 unspecified atom stereocenters. The summed E-state index contributed by atoms with van der Waals surface area (Å²) in [6, 6.07) is 32.2. The van der Waals surface area contributed by atoms with Crippen LogP contribution in [0.2, 0.25) is 0 Å². The maximum atomic E-state index is 9.91. The van der Waals surface area contributed by atoms with Crippen LogP contribution in [0.3, 0.4) is 0 Å². The van der Waals surface area contributed by atoms with Gasteiger partial charge in [-0.05, 0) is 6.92 Å². The molecule has 0 fully saturated rings. The fraction of sp³-hybridized carbons (Fsp3) is 0.0833. The normalized spacial score (nSPS) is 15.1. The molecular formula is C24H20N3OP. The second-order valence-electron chi connectivity index (χ2n) is 6.41. The molecule has 0 saturated heterocycles. The first-order valence-corrected chi connectivity index (χ1v) is 11.1. The number of benzene rings is 3. The van der Waals surface area contributed by atoms with Gasteiger partial charge in [-0.2, -0.15) is 10.0 Å². The minimum absolute atomic E-state index is 0.366. The molecule has 0 aliphatic carbocycles. The van der Waals surface area contributed by atoms with Crippen molar-refractivity contribution in [2.45, 2.75) is 6.92 Å². The Hall–Kier alpha value is -3.41. The lowest BCUT2D eigenvalue weighted by Gasteiger charge is -2.27. The summed E-state index contributed by atoms with van der Waals surface area (Å²) in [7, 11) is -2.57. The number of nitriles is 1. The van der Waals surface area contributed by atoms with E-state index in [2.05, 4.69) is 30.3 Å². The molecule has 1 aliphatic heterocycles. The van der Waals surface area contributed by atoms with Gasteiger partial charge in [0.05, 0.1) is 12.3 Å². The Balaban J connectivity index is 2.11. The van der Waals surface area contributed by atoms with Gasteiger partial charge in [-0.25, -0.2) is 4.76 Å². The predicted molar refractivity (Wildman–Crippen MR) is 119 cm³/mol. The predicted octanol–water partition coefficient (Wildman–Crippen LogP) is 5.03. The van der Waals surface area contributed by atoms with Crippen LogP contribution in [0.15, 0.2) is 112 Å². The van der Waals surface area contributed by atoms with Crippen LogP contribution >= 0.6 is 7.21 Å². The molecule has 0 spiro atoms. The van der Waals surface area contributed by atoms with Crippen molar-refractivity contribution in [1.29, 1.82) is 5.26 Å². The minimum atomic E-state index is -2.57. The summed E-state index contributed by atoms with van der Waals surface area (Å²) in [4.78, 5) is 0. The molecule has 0 amide bonds. The van der Waals surface area contributed by atoms with Gasteiger partial charge < -0.3 is 4.74 Å². The number of nitrogens with zero attached hydrogens (tertiary/aromatic N) is 3. The highest BCUT2D eigenvalue weighted by Crippen LogP contribution is 2.53. The Labute approximate surface area is 170 Å². The summed E-state index contributed by atoms with van der Waals surface area (Å²) in [5.74, 6) is 0.366. The van der Waals surface area contributed by atoms with Crippen molar-refractivity contribution in [1.82, 2.24) is 0 Å². The highest BCUT2D eigenvalue weighted by Gasteiger charge is 2.32. The molecule has 0 atom stereocenters. The monoisotopic (exact) mass is 397 g/mol. The molecule has 29 heavy (non-hydrogen) atoms. The van der Waals surface area contributed by atoms with Crippen molar-refractivity contribution in [3.05, 3.63) is 108 Å². The average molecular weight is 397 g/mol. The van der Waals surface area contributed by atoms with Gasteiger partial charge in [0.25, 0.3) is 0 Å². The maximum Gasteiger partial charge on any atom is 0.234 e. The van der Waals surface area contributed by atoms with E-state index in [1.54, 1.807) is 0 Å². The number of hydrogen-bond donors (Lipinski definition) is 0. The van der Waals surface area contributed by atoms with E-state index >= 15 is 0 Å². The summed E-state index contributed by atoms with van der Waals surface area (Å²) in [6.07, 6.45) is 0. The van der Waals surface area contributed by atoms with Crippen LogP contribution in [0.1, 0.15) is 12.5 Å². The van der Waals surface area contributed by atoms with E-state index in [-0.39, 0.29) is 0 Å². The minimum Gasteiger partial charge on any atom is -0.477 e. The summed E-state index contributed by atoms with van der Waals surface area (Å²) in [5, 5.41) is 12.0. The van der Waals surface area contributed by atoms with E-state index in [1.165, 1.54) is 0 Å². The third-order valence-corrected chi connectivity index (χ3v) is 7.60. The first-order chi connectivity index (χ1) is 14.3. The highest BCUT2D eigenvalue weighted by atomic mass is 31.2. The lowest BCUT2D eigenvalue weighted by molar-refractivity contribution is 0.227. The Morgan fingerprint density at radius 3 is 1.83 bits per heavy atom. The average Bonchev–Trinajstić information content (AvgIpc) is 2.80. The van der Waals surface area contributed by atoms with Crippen molar-refractivity contribution in [3.8, 4) is 6.07 Å². The molecular weight excluding hydrogens is 377 g/mol. The van der Waals surface area contributed by atoms with Crippen molar-refractivity contribution in [2.75, 3.05) is 6.61 Å². The quantitative estimate of drug-likeness (QED) is 0.567. The lowest BCUT2D eigenvalue weighted by atomic mass is 10.0. The van der Waals surface area contributed by atoms with Gasteiger partial charge in [0, 0.05) is 16.2 Å². The Kier molecular flexibility index (Phi) is 5.42. The Morgan fingerprint density at radius 1 is 0.828 bits per heavy atom. The largest absolute Gasteiger partial charge is 0.477 e. The van der Waals surface area contributed by atoms with E-state index in [4.69, 9.17) is 14.2 Å². The highest BCUT2D eigenvalue weighted by molar-refractivity contribution is 7.80. The standard InChI is InChI=1S/C24H20N3OP/c1-2-28-24-22(18-25)23(19-12-6-3-7-13-19)26-29(27-24,20-14-8-4-9-15-20)21-16-10-5-11-17-21/h3-17H,2H2,1H3. The number of hydrogen-bond acceptors (Lipinski definition) is 4. The van der Waals surface area contributed by atoms with E-state index in [0.29, 0.717) is 23.8 Å². The smallest absolute Gasteiger partial charge is 0.234 e. The van der Waals surface area contributed by atoms with Gasteiger partial charge in [-0.3, -0.25) is 0 Å². The van der Waals surface area contributed by atoms with Gasteiger partial charge in [-0.1, -0.05) is 91.0 Å². The molecule has 4 rings (SSSR count). The van der Waals surface area contributed by atoms with E-state index < -0.39 is 7.21 Å². The van der Waals surface area contributed by atoms with Gasteiger partial charge in [-0.15, -0.1) is 0 Å². The van der Waals surface area contributed by atoms with Gasteiger partial charge >= 0.3 is 0 Å². The molecule has 3 aromatic carbocycles. The van der Waals surface area contributed by atoms with E-state index in [1.807, 2.05) is 73.7 Å². The second kappa shape index (κ2) is 8.31. The first-order valence-electron chi connectivity index (χ1n) is 9.45. The zero-order valence-electron chi connectivity index (χ0n) is 16.1.